The van der Waals surface area contributed by atoms with Crippen LogP contribution in [0.25, 0.3) is 0 Å². The van der Waals surface area contributed by atoms with Crippen molar-refractivity contribution in [2.75, 3.05) is 0 Å². The predicted octanol–water partition coefficient (Wildman–Crippen LogP) is 3.65. The third kappa shape index (κ3) is 3.30. The van der Waals surface area contributed by atoms with Crippen LogP contribution in [-0.4, -0.2) is 22.5 Å². The molecule has 2 rings (SSSR count). The third-order valence-corrected chi connectivity index (χ3v) is 4.33. The summed E-state index contributed by atoms with van der Waals surface area (Å²) < 4.78 is 13.5. The van der Waals surface area contributed by atoms with Crippen molar-refractivity contribution in [3.05, 3.63) is 33.6 Å². The van der Waals surface area contributed by atoms with Crippen LogP contribution < -0.4 is 5.32 Å². The Morgan fingerprint density at radius 3 is 2.33 bits per heavy atom. The van der Waals surface area contributed by atoms with Crippen molar-refractivity contribution in [2.24, 2.45) is 0 Å². The van der Waals surface area contributed by atoms with Gasteiger partial charge in [0.25, 0.3) is 5.91 Å². The van der Waals surface area contributed by atoms with Crippen LogP contribution in [0.3, 0.4) is 0 Å². The van der Waals surface area contributed by atoms with E-state index in [1.165, 1.54) is 0 Å². The van der Waals surface area contributed by atoms with E-state index >= 15 is 0 Å². The summed E-state index contributed by atoms with van der Waals surface area (Å²) >= 11 is 11.5. The lowest BCUT2D eigenvalue weighted by atomic mass is 9.81. The molecule has 0 unspecified atom stereocenters. The first-order valence-corrected chi connectivity index (χ1v) is 7.32. The van der Waals surface area contributed by atoms with Crippen LogP contribution in [0, 0.1) is 5.82 Å². The lowest BCUT2D eigenvalue weighted by Gasteiger charge is -2.34. The predicted molar refractivity (Wildman–Crippen MR) is 77.3 cm³/mol. The molecule has 114 valence electrons. The van der Waals surface area contributed by atoms with Gasteiger partial charge in [0.05, 0.1) is 15.6 Å². The van der Waals surface area contributed by atoms with Gasteiger partial charge >= 0.3 is 5.97 Å². The van der Waals surface area contributed by atoms with E-state index in [0.717, 1.165) is 31.4 Å². The maximum atomic E-state index is 13.5. The number of amides is 1. The monoisotopic (exact) mass is 333 g/mol. The highest BCUT2D eigenvalue weighted by Crippen LogP contribution is 2.30. The van der Waals surface area contributed by atoms with E-state index in [9.17, 15) is 19.1 Å². The average molecular weight is 334 g/mol. The van der Waals surface area contributed by atoms with Gasteiger partial charge < -0.3 is 10.4 Å². The minimum Gasteiger partial charge on any atom is -0.480 e. The van der Waals surface area contributed by atoms with Crippen molar-refractivity contribution in [1.82, 2.24) is 5.32 Å². The molecule has 2 N–H and O–H groups in total. The first-order valence-electron chi connectivity index (χ1n) is 6.56. The Hall–Kier alpha value is -1.33. The molecule has 7 heteroatoms. The van der Waals surface area contributed by atoms with Crippen LogP contribution in [0.1, 0.15) is 42.5 Å². The number of benzene rings is 1. The molecule has 0 aromatic heterocycles. The number of carbonyl (C=O) groups is 2. The molecular formula is C14H14Cl2FNO3. The maximum absolute atomic E-state index is 13.5. The smallest absolute Gasteiger partial charge is 0.329 e. The molecule has 0 bridgehead atoms. The Bertz CT molecular complexity index is 586. The van der Waals surface area contributed by atoms with Crippen molar-refractivity contribution in [2.45, 2.75) is 37.6 Å². The Kier molecular flexibility index (Phi) is 4.74. The Morgan fingerprint density at radius 1 is 1.14 bits per heavy atom. The second kappa shape index (κ2) is 6.20. The number of carboxylic acid groups (broad SMARTS) is 1. The molecule has 1 amide bonds. The summed E-state index contributed by atoms with van der Waals surface area (Å²) in [6.07, 6.45) is 3.06. The summed E-state index contributed by atoms with van der Waals surface area (Å²) in [6, 6.07) is 2.04. The summed E-state index contributed by atoms with van der Waals surface area (Å²) in [5.41, 5.74) is -1.43. The summed E-state index contributed by atoms with van der Waals surface area (Å²) in [7, 11) is 0. The summed E-state index contributed by atoms with van der Waals surface area (Å²) in [5, 5.41) is 11.7. The zero-order valence-corrected chi connectivity index (χ0v) is 12.6. The fourth-order valence-corrected chi connectivity index (χ4v) is 3.00. The van der Waals surface area contributed by atoms with Gasteiger partial charge in [0, 0.05) is 0 Å². The van der Waals surface area contributed by atoms with Gasteiger partial charge in [-0.05, 0) is 25.0 Å². The van der Waals surface area contributed by atoms with E-state index in [1.807, 2.05) is 0 Å². The molecule has 1 aliphatic carbocycles. The molecule has 1 aliphatic rings. The Balaban J connectivity index is 2.28. The van der Waals surface area contributed by atoms with Crippen LogP contribution in [0.15, 0.2) is 12.1 Å². The van der Waals surface area contributed by atoms with Crippen LogP contribution in [0.5, 0.6) is 0 Å². The van der Waals surface area contributed by atoms with Gasteiger partial charge in [0.2, 0.25) is 0 Å². The van der Waals surface area contributed by atoms with Gasteiger partial charge in [0.1, 0.15) is 11.4 Å². The molecule has 1 saturated carbocycles. The van der Waals surface area contributed by atoms with Gasteiger partial charge in [-0.3, -0.25) is 4.79 Å². The largest absolute Gasteiger partial charge is 0.480 e. The van der Waals surface area contributed by atoms with E-state index in [1.54, 1.807) is 0 Å². The SMILES string of the molecule is O=C(NC1(C(=O)O)CCCCC1)c1cc(F)c(Cl)cc1Cl. The van der Waals surface area contributed by atoms with Crippen LogP contribution >= 0.6 is 23.2 Å². The van der Waals surface area contributed by atoms with Gasteiger partial charge in [-0.15, -0.1) is 0 Å². The average Bonchev–Trinajstić information content (AvgIpc) is 2.43. The topological polar surface area (TPSA) is 66.4 Å². The normalized spacial score (nSPS) is 17.3. The molecule has 4 nitrogen and oxygen atoms in total. The van der Waals surface area contributed by atoms with E-state index in [0.29, 0.717) is 12.8 Å². The fourth-order valence-electron chi connectivity index (χ4n) is 2.53. The zero-order valence-electron chi connectivity index (χ0n) is 11.1. The second-order valence-electron chi connectivity index (χ2n) is 5.15. The van der Waals surface area contributed by atoms with E-state index in [2.05, 4.69) is 5.32 Å². The van der Waals surface area contributed by atoms with E-state index < -0.39 is 23.2 Å². The number of rotatable bonds is 3. The number of aliphatic carboxylic acids is 1. The van der Waals surface area contributed by atoms with E-state index in [4.69, 9.17) is 23.2 Å². The molecule has 0 radical (unpaired) electrons. The van der Waals surface area contributed by atoms with Crippen molar-refractivity contribution in [1.29, 1.82) is 0 Å². The van der Waals surface area contributed by atoms with Gasteiger partial charge in [-0.25, -0.2) is 9.18 Å². The number of carbonyl (C=O) groups excluding carboxylic acids is 1. The van der Waals surface area contributed by atoms with Crippen LogP contribution in [-0.2, 0) is 4.79 Å². The van der Waals surface area contributed by atoms with Gasteiger partial charge in [-0.2, -0.15) is 0 Å². The number of nitrogens with one attached hydrogen (secondary N) is 1. The summed E-state index contributed by atoms with van der Waals surface area (Å²) in [5.74, 6) is -2.57. The molecule has 0 saturated heterocycles. The Morgan fingerprint density at radius 2 is 1.76 bits per heavy atom. The number of halogens is 3. The Labute approximate surface area is 131 Å². The fraction of sp³-hybridized carbons (Fsp3) is 0.429. The quantitative estimate of drug-likeness (QED) is 0.829. The first kappa shape index (κ1) is 16.0. The molecule has 0 aliphatic heterocycles. The standard InChI is InChI=1S/C14H14Cl2FNO3/c15-9-7-10(16)11(17)6-8(9)12(19)18-14(13(20)21)4-2-1-3-5-14/h6-7H,1-5H2,(H,18,19)(H,20,21). The van der Waals surface area contributed by atoms with Crippen LogP contribution in [0.2, 0.25) is 10.0 Å². The van der Waals surface area contributed by atoms with Gasteiger partial charge in [0.15, 0.2) is 0 Å². The molecule has 0 spiro atoms. The van der Waals surface area contributed by atoms with Crippen molar-refractivity contribution < 1.29 is 19.1 Å². The maximum Gasteiger partial charge on any atom is 0.329 e. The van der Waals surface area contributed by atoms with Gasteiger partial charge in [-0.1, -0.05) is 42.5 Å². The van der Waals surface area contributed by atoms with Crippen molar-refractivity contribution in [3.63, 3.8) is 0 Å². The molecule has 1 fully saturated rings. The van der Waals surface area contributed by atoms with Crippen molar-refractivity contribution >= 4 is 35.1 Å². The highest BCUT2D eigenvalue weighted by molar-refractivity contribution is 6.36. The highest BCUT2D eigenvalue weighted by atomic mass is 35.5. The summed E-state index contributed by atoms with van der Waals surface area (Å²) in [6.45, 7) is 0. The van der Waals surface area contributed by atoms with Crippen molar-refractivity contribution in [3.8, 4) is 0 Å². The molecule has 0 heterocycles. The highest BCUT2D eigenvalue weighted by Gasteiger charge is 2.41. The third-order valence-electron chi connectivity index (χ3n) is 3.72. The molecule has 21 heavy (non-hydrogen) atoms. The molecule has 0 atom stereocenters. The minimum atomic E-state index is -1.31. The summed E-state index contributed by atoms with van der Waals surface area (Å²) in [4.78, 5) is 23.7. The zero-order chi connectivity index (χ0) is 15.6. The number of carboxylic acids is 1. The molecule has 1 aromatic rings. The molecule has 1 aromatic carbocycles. The lowest BCUT2D eigenvalue weighted by Crippen LogP contribution is -2.55. The molecular weight excluding hydrogens is 320 g/mol. The lowest BCUT2D eigenvalue weighted by molar-refractivity contribution is -0.145. The van der Waals surface area contributed by atoms with Crippen LogP contribution in [0.4, 0.5) is 4.39 Å². The first-order chi connectivity index (χ1) is 9.85. The number of hydrogen-bond acceptors (Lipinski definition) is 2. The minimum absolute atomic E-state index is 0.0183. The second-order valence-corrected chi connectivity index (χ2v) is 5.96. The number of hydrogen-bond donors (Lipinski definition) is 2. The van der Waals surface area contributed by atoms with E-state index in [-0.39, 0.29) is 15.6 Å².